The molecule has 0 saturated carbocycles. The Labute approximate surface area is 93.9 Å². The number of nitrogens with one attached hydrogen (secondary N) is 1. The van der Waals surface area contributed by atoms with Crippen molar-refractivity contribution in [3.8, 4) is 11.5 Å². The highest BCUT2D eigenvalue weighted by Crippen LogP contribution is 2.39. The molecule has 0 saturated heterocycles. The number of hydrogen-bond donors (Lipinski definition) is 1. The molecular weight excluding hydrogens is 208 g/mol. The van der Waals surface area contributed by atoms with Crippen LogP contribution in [0.2, 0.25) is 0 Å². The monoisotopic (exact) mass is 222 g/mol. The molecule has 5 heteroatoms. The summed E-state index contributed by atoms with van der Waals surface area (Å²) in [5, 5.41) is 3.04. The van der Waals surface area contributed by atoms with Crippen LogP contribution in [-0.4, -0.2) is 33.7 Å². The molecule has 1 aromatic carbocycles. The van der Waals surface area contributed by atoms with E-state index < -0.39 is 0 Å². The first kappa shape index (κ1) is 10.6. The molecule has 0 aliphatic carbocycles. The molecule has 0 aromatic heterocycles. The Morgan fingerprint density at radius 3 is 2.50 bits per heavy atom. The van der Waals surface area contributed by atoms with Crippen LogP contribution in [0.1, 0.15) is 0 Å². The SMILES string of the molecule is COc1cc2c(cc1OC)N(C)C(=O)CN2. The number of ether oxygens (including phenoxy) is 2. The number of methoxy groups -OCH3 is 2. The van der Waals surface area contributed by atoms with E-state index in [1.807, 2.05) is 6.07 Å². The van der Waals surface area contributed by atoms with Gasteiger partial charge in [-0.1, -0.05) is 0 Å². The van der Waals surface area contributed by atoms with Crippen LogP contribution in [0.3, 0.4) is 0 Å². The number of likely N-dealkylation sites (N-methyl/N-ethyl adjacent to an activating group) is 1. The van der Waals surface area contributed by atoms with Crippen molar-refractivity contribution in [3.63, 3.8) is 0 Å². The van der Waals surface area contributed by atoms with Crippen LogP contribution < -0.4 is 19.7 Å². The molecule has 1 heterocycles. The number of anilines is 2. The molecule has 1 N–H and O–H groups in total. The second kappa shape index (κ2) is 3.92. The van der Waals surface area contributed by atoms with Gasteiger partial charge in [0.15, 0.2) is 11.5 Å². The fraction of sp³-hybridized carbons (Fsp3) is 0.364. The van der Waals surface area contributed by atoms with Crippen LogP contribution in [-0.2, 0) is 4.79 Å². The first-order valence-electron chi connectivity index (χ1n) is 4.94. The summed E-state index contributed by atoms with van der Waals surface area (Å²) in [7, 11) is 4.90. The Hall–Kier alpha value is -1.91. The van der Waals surface area contributed by atoms with Crippen molar-refractivity contribution in [1.82, 2.24) is 0 Å². The summed E-state index contributed by atoms with van der Waals surface area (Å²) in [5.74, 6) is 1.29. The molecule has 1 aliphatic heterocycles. The van der Waals surface area contributed by atoms with Crippen molar-refractivity contribution in [2.75, 3.05) is 38.0 Å². The zero-order valence-corrected chi connectivity index (χ0v) is 9.53. The molecular formula is C11H14N2O3. The predicted octanol–water partition coefficient (Wildman–Crippen LogP) is 1.09. The first-order valence-corrected chi connectivity index (χ1v) is 4.94. The zero-order chi connectivity index (χ0) is 11.7. The maximum atomic E-state index is 11.5. The van der Waals surface area contributed by atoms with Crippen LogP contribution in [0.5, 0.6) is 11.5 Å². The number of hydrogen-bond acceptors (Lipinski definition) is 4. The maximum absolute atomic E-state index is 11.5. The van der Waals surface area contributed by atoms with E-state index >= 15 is 0 Å². The second-order valence-electron chi connectivity index (χ2n) is 3.53. The third-order valence-electron chi connectivity index (χ3n) is 2.67. The van der Waals surface area contributed by atoms with Crippen molar-refractivity contribution in [1.29, 1.82) is 0 Å². The van der Waals surface area contributed by atoms with E-state index in [0.29, 0.717) is 18.0 Å². The number of carbonyl (C=O) groups is 1. The van der Waals surface area contributed by atoms with Crippen molar-refractivity contribution < 1.29 is 14.3 Å². The maximum Gasteiger partial charge on any atom is 0.246 e. The highest BCUT2D eigenvalue weighted by atomic mass is 16.5. The van der Waals surface area contributed by atoms with Gasteiger partial charge in [-0.05, 0) is 0 Å². The summed E-state index contributed by atoms with van der Waals surface area (Å²) in [6.45, 7) is 0.305. The Morgan fingerprint density at radius 1 is 1.25 bits per heavy atom. The first-order chi connectivity index (χ1) is 7.67. The number of fused-ring (bicyclic) bond motifs is 1. The van der Waals surface area contributed by atoms with Crippen LogP contribution in [0.4, 0.5) is 11.4 Å². The molecule has 0 unspecified atom stereocenters. The van der Waals surface area contributed by atoms with Gasteiger partial charge in [-0.2, -0.15) is 0 Å². The van der Waals surface area contributed by atoms with E-state index in [-0.39, 0.29) is 5.91 Å². The van der Waals surface area contributed by atoms with Gasteiger partial charge in [-0.15, -0.1) is 0 Å². The standard InChI is InChI=1S/C11H14N2O3/c1-13-8-5-10(16-3)9(15-2)4-7(8)12-6-11(13)14/h4-5,12H,6H2,1-3H3. The molecule has 86 valence electrons. The summed E-state index contributed by atoms with van der Waals surface area (Å²) in [6, 6.07) is 3.62. The molecule has 2 rings (SSSR count). The lowest BCUT2D eigenvalue weighted by Crippen LogP contribution is -2.36. The van der Waals surface area contributed by atoms with Gasteiger partial charge in [-0.3, -0.25) is 4.79 Å². The Balaban J connectivity index is 2.52. The highest BCUT2D eigenvalue weighted by molar-refractivity contribution is 6.02. The Bertz CT molecular complexity index is 431. The summed E-state index contributed by atoms with van der Waals surface area (Å²) in [4.78, 5) is 13.1. The molecule has 0 spiro atoms. The van der Waals surface area contributed by atoms with Gasteiger partial charge >= 0.3 is 0 Å². The number of benzene rings is 1. The summed E-state index contributed by atoms with van der Waals surface area (Å²) in [5.41, 5.74) is 1.67. The Kier molecular flexibility index (Phi) is 2.60. The minimum Gasteiger partial charge on any atom is -0.493 e. The summed E-state index contributed by atoms with van der Waals surface area (Å²) in [6.07, 6.45) is 0. The summed E-state index contributed by atoms with van der Waals surface area (Å²) >= 11 is 0. The van der Waals surface area contributed by atoms with E-state index in [1.165, 1.54) is 0 Å². The van der Waals surface area contributed by atoms with Crippen LogP contribution >= 0.6 is 0 Å². The van der Waals surface area contributed by atoms with Gasteiger partial charge in [0, 0.05) is 19.2 Å². The highest BCUT2D eigenvalue weighted by Gasteiger charge is 2.22. The van der Waals surface area contributed by atoms with Gasteiger partial charge in [-0.25, -0.2) is 0 Å². The van der Waals surface area contributed by atoms with Crippen molar-refractivity contribution in [2.24, 2.45) is 0 Å². The number of amides is 1. The lowest BCUT2D eigenvalue weighted by molar-refractivity contribution is -0.116. The van der Waals surface area contributed by atoms with E-state index in [2.05, 4.69) is 5.32 Å². The molecule has 0 radical (unpaired) electrons. The van der Waals surface area contributed by atoms with E-state index in [4.69, 9.17) is 9.47 Å². The zero-order valence-electron chi connectivity index (χ0n) is 9.53. The molecule has 0 bridgehead atoms. The smallest absolute Gasteiger partial charge is 0.246 e. The van der Waals surface area contributed by atoms with Crippen molar-refractivity contribution in [3.05, 3.63) is 12.1 Å². The molecule has 1 aliphatic rings. The molecule has 5 nitrogen and oxygen atoms in total. The lowest BCUT2D eigenvalue weighted by Gasteiger charge is -2.27. The van der Waals surface area contributed by atoms with E-state index in [9.17, 15) is 4.79 Å². The summed E-state index contributed by atoms with van der Waals surface area (Å²) < 4.78 is 10.4. The minimum absolute atomic E-state index is 0.0275. The van der Waals surface area contributed by atoms with Gasteiger partial charge in [0.25, 0.3) is 0 Å². The average molecular weight is 222 g/mol. The Morgan fingerprint density at radius 2 is 1.88 bits per heavy atom. The number of nitrogens with zero attached hydrogens (tertiary/aromatic N) is 1. The normalized spacial score (nSPS) is 14.2. The minimum atomic E-state index is 0.0275. The fourth-order valence-electron chi connectivity index (χ4n) is 1.71. The van der Waals surface area contributed by atoms with Crippen LogP contribution in [0.25, 0.3) is 0 Å². The van der Waals surface area contributed by atoms with Crippen LogP contribution in [0, 0.1) is 0 Å². The topological polar surface area (TPSA) is 50.8 Å². The molecule has 0 fully saturated rings. The number of carbonyl (C=O) groups excluding carboxylic acids is 1. The largest absolute Gasteiger partial charge is 0.493 e. The van der Waals surface area contributed by atoms with E-state index in [0.717, 1.165) is 11.4 Å². The molecule has 1 aromatic rings. The fourth-order valence-corrected chi connectivity index (χ4v) is 1.71. The van der Waals surface area contributed by atoms with E-state index in [1.54, 1.807) is 32.2 Å². The predicted molar refractivity (Wildman–Crippen MR) is 61.4 cm³/mol. The quantitative estimate of drug-likeness (QED) is 0.813. The molecule has 1 amide bonds. The van der Waals surface area contributed by atoms with Gasteiger partial charge in [0.05, 0.1) is 32.1 Å². The van der Waals surface area contributed by atoms with Gasteiger partial charge < -0.3 is 19.7 Å². The molecule has 0 atom stereocenters. The average Bonchev–Trinajstić information content (AvgIpc) is 2.32. The van der Waals surface area contributed by atoms with Crippen molar-refractivity contribution in [2.45, 2.75) is 0 Å². The second-order valence-corrected chi connectivity index (χ2v) is 3.53. The molecule has 16 heavy (non-hydrogen) atoms. The van der Waals surface area contributed by atoms with Gasteiger partial charge in [0.1, 0.15) is 0 Å². The van der Waals surface area contributed by atoms with Crippen molar-refractivity contribution >= 4 is 17.3 Å². The lowest BCUT2D eigenvalue weighted by atomic mass is 10.2. The third-order valence-corrected chi connectivity index (χ3v) is 2.67. The number of rotatable bonds is 2. The van der Waals surface area contributed by atoms with Crippen LogP contribution in [0.15, 0.2) is 12.1 Å². The van der Waals surface area contributed by atoms with Gasteiger partial charge in [0.2, 0.25) is 5.91 Å². The third kappa shape index (κ3) is 1.54.